The van der Waals surface area contributed by atoms with Gasteiger partial charge in [-0.2, -0.15) is 0 Å². The first-order chi connectivity index (χ1) is 9.54. The number of thiophene rings is 1. The lowest BCUT2D eigenvalue weighted by Crippen LogP contribution is -2.19. The molecule has 2 aromatic rings. The van der Waals surface area contributed by atoms with Crippen LogP contribution in [0.25, 0.3) is 0 Å². The molecule has 1 amide bonds. The van der Waals surface area contributed by atoms with Crippen molar-refractivity contribution in [3.8, 4) is 5.75 Å². The lowest BCUT2D eigenvalue weighted by Gasteiger charge is -2.05. The van der Waals surface area contributed by atoms with E-state index in [1.165, 1.54) is 36.4 Å². The molecule has 0 atom stereocenters. The van der Waals surface area contributed by atoms with E-state index in [1.54, 1.807) is 0 Å². The number of amides is 1. The van der Waals surface area contributed by atoms with Crippen LogP contribution in [-0.4, -0.2) is 23.6 Å². The van der Waals surface area contributed by atoms with Crippen LogP contribution in [0.15, 0.2) is 36.4 Å². The predicted molar refractivity (Wildman–Crippen MR) is 71.8 cm³/mol. The van der Waals surface area contributed by atoms with Crippen LogP contribution in [0.5, 0.6) is 5.75 Å². The van der Waals surface area contributed by atoms with Gasteiger partial charge in [-0.25, -0.2) is 9.18 Å². The number of hydrogen-bond acceptors (Lipinski definition) is 4. The summed E-state index contributed by atoms with van der Waals surface area (Å²) in [6.45, 7) is -0.244. The van der Waals surface area contributed by atoms with Crippen LogP contribution in [0.4, 0.5) is 9.39 Å². The summed E-state index contributed by atoms with van der Waals surface area (Å²) in [6, 6.07) is 8.19. The SMILES string of the molecule is O=C(COc1ccc(F)cc1)Nc1ccc(C(=O)O)s1. The van der Waals surface area contributed by atoms with E-state index in [4.69, 9.17) is 9.84 Å². The number of benzene rings is 1. The van der Waals surface area contributed by atoms with E-state index in [0.29, 0.717) is 10.8 Å². The van der Waals surface area contributed by atoms with Crippen LogP contribution in [-0.2, 0) is 4.79 Å². The lowest BCUT2D eigenvalue weighted by molar-refractivity contribution is -0.118. The highest BCUT2D eigenvalue weighted by Gasteiger charge is 2.09. The zero-order valence-corrected chi connectivity index (χ0v) is 10.9. The Morgan fingerprint density at radius 3 is 2.50 bits per heavy atom. The highest BCUT2D eigenvalue weighted by atomic mass is 32.1. The Morgan fingerprint density at radius 1 is 1.20 bits per heavy atom. The van der Waals surface area contributed by atoms with Crippen molar-refractivity contribution in [2.24, 2.45) is 0 Å². The molecule has 20 heavy (non-hydrogen) atoms. The Bertz CT molecular complexity index is 624. The molecule has 1 aromatic carbocycles. The topological polar surface area (TPSA) is 75.6 Å². The van der Waals surface area contributed by atoms with E-state index in [9.17, 15) is 14.0 Å². The Hall–Kier alpha value is -2.41. The molecular weight excluding hydrogens is 285 g/mol. The number of nitrogens with one attached hydrogen (secondary N) is 1. The fourth-order valence-corrected chi connectivity index (χ4v) is 2.13. The third-order valence-electron chi connectivity index (χ3n) is 2.26. The van der Waals surface area contributed by atoms with Crippen molar-refractivity contribution in [3.63, 3.8) is 0 Å². The van der Waals surface area contributed by atoms with Crippen molar-refractivity contribution in [2.75, 3.05) is 11.9 Å². The molecule has 2 rings (SSSR count). The maximum absolute atomic E-state index is 12.7. The van der Waals surface area contributed by atoms with Crippen molar-refractivity contribution in [3.05, 3.63) is 47.1 Å². The molecule has 0 bridgehead atoms. The average Bonchev–Trinajstić information content (AvgIpc) is 2.87. The number of hydrogen-bond donors (Lipinski definition) is 2. The summed E-state index contributed by atoms with van der Waals surface area (Å²) in [6.07, 6.45) is 0. The second-order valence-electron chi connectivity index (χ2n) is 3.76. The normalized spacial score (nSPS) is 10.1. The quantitative estimate of drug-likeness (QED) is 0.889. The first kappa shape index (κ1) is 14.0. The Morgan fingerprint density at radius 2 is 1.90 bits per heavy atom. The summed E-state index contributed by atoms with van der Waals surface area (Å²) in [7, 11) is 0. The van der Waals surface area contributed by atoms with Gasteiger partial charge in [0.1, 0.15) is 16.4 Å². The third kappa shape index (κ3) is 3.79. The number of aromatic carboxylic acids is 1. The molecule has 2 N–H and O–H groups in total. The molecular formula is C13H10FNO4S. The fourth-order valence-electron chi connectivity index (χ4n) is 1.37. The van der Waals surface area contributed by atoms with Crippen molar-refractivity contribution in [1.82, 2.24) is 0 Å². The fraction of sp³-hybridized carbons (Fsp3) is 0.0769. The smallest absolute Gasteiger partial charge is 0.345 e. The van der Waals surface area contributed by atoms with Gasteiger partial charge in [0.2, 0.25) is 0 Å². The van der Waals surface area contributed by atoms with E-state index in [2.05, 4.69) is 5.32 Å². The van der Waals surface area contributed by atoms with Crippen molar-refractivity contribution in [2.45, 2.75) is 0 Å². The van der Waals surface area contributed by atoms with Gasteiger partial charge in [0, 0.05) is 0 Å². The number of carbonyl (C=O) groups is 2. The molecule has 104 valence electrons. The Kier molecular flexibility index (Phi) is 4.31. The number of halogens is 1. The molecule has 0 aliphatic rings. The molecule has 0 spiro atoms. The van der Waals surface area contributed by atoms with E-state index < -0.39 is 11.9 Å². The maximum Gasteiger partial charge on any atom is 0.345 e. The Labute approximate surface area is 117 Å². The molecule has 0 fully saturated rings. The van der Waals surface area contributed by atoms with Crippen LogP contribution >= 0.6 is 11.3 Å². The van der Waals surface area contributed by atoms with Gasteiger partial charge in [-0.15, -0.1) is 11.3 Å². The molecule has 7 heteroatoms. The summed E-state index contributed by atoms with van der Waals surface area (Å²) >= 11 is 0.956. The van der Waals surface area contributed by atoms with Crippen LogP contribution in [0, 0.1) is 5.82 Å². The summed E-state index contributed by atoms with van der Waals surface area (Å²) in [5.74, 6) is -1.48. The second kappa shape index (κ2) is 6.16. The number of rotatable bonds is 5. The molecule has 0 saturated carbocycles. The van der Waals surface area contributed by atoms with Gasteiger partial charge in [-0.1, -0.05) is 0 Å². The minimum atomic E-state index is -1.04. The summed E-state index contributed by atoms with van der Waals surface area (Å²) in [4.78, 5) is 22.4. The molecule has 0 radical (unpaired) electrons. The van der Waals surface area contributed by atoms with Gasteiger partial charge < -0.3 is 15.2 Å². The van der Waals surface area contributed by atoms with Crippen LogP contribution < -0.4 is 10.1 Å². The van der Waals surface area contributed by atoms with Crippen molar-refractivity contribution in [1.29, 1.82) is 0 Å². The largest absolute Gasteiger partial charge is 0.484 e. The number of anilines is 1. The molecule has 5 nitrogen and oxygen atoms in total. The number of ether oxygens (including phenoxy) is 1. The van der Waals surface area contributed by atoms with Gasteiger partial charge in [0.15, 0.2) is 6.61 Å². The van der Waals surface area contributed by atoms with Gasteiger partial charge in [0.25, 0.3) is 5.91 Å². The second-order valence-corrected chi connectivity index (χ2v) is 4.84. The van der Waals surface area contributed by atoms with E-state index in [1.807, 2.05) is 0 Å². The van der Waals surface area contributed by atoms with E-state index in [-0.39, 0.29) is 17.3 Å². The molecule has 0 aliphatic carbocycles. The monoisotopic (exact) mass is 295 g/mol. The molecule has 0 aliphatic heterocycles. The minimum Gasteiger partial charge on any atom is -0.484 e. The lowest BCUT2D eigenvalue weighted by atomic mass is 10.3. The number of carboxylic acids is 1. The standard InChI is InChI=1S/C13H10FNO4S/c14-8-1-3-9(4-2-8)19-7-11(16)15-12-6-5-10(20-12)13(17)18/h1-6H,7H2,(H,15,16)(H,17,18). The summed E-state index contributed by atoms with van der Waals surface area (Å²) in [5, 5.41) is 11.7. The Balaban J connectivity index is 1.85. The highest BCUT2D eigenvalue weighted by Crippen LogP contribution is 2.21. The highest BCUT2D eigenvalue weighted by molar-refractivity contribution is 7.18. The predicted octanol–water partition coefficient (Wildman–Crippen LogP) is 2.60. The molecule has 1 aromatic heterocycles. The summed E-state index contributed by atoms with van der Waals surface area (Å²) < 4.78 is 17.8. The van der Waals surface area contributed by atoms with Crippen LogP contribution in [0.1, 0.15) is 9.67 Å². The van der Waals surface area contributed by atoms with Gasteiger partial charge >= 0.3 is 5.97 Å². The molecule has 0 unspecified atom stereocenters. The van der Waals surface area contributed by atoms with Gasteiger partial charge in [0.05, 0.1) is 5.00 Å². The van der Waals surface area contributed by atoms with Crippen LogP contribution in [0.3, 0.4) is 0 Å². The average molecular weight is 295 g/mol. The van der Waals surface area contributed by atoms with Crippen molar-refractivity contribution < 1.29 is 23.8 Å². The summed E-state index contributed by atoms with van der Waals surface area (Å²) in [5.41, 5.74) is 0. The number of carboxylic acid groups (broad SMARTS) is 1. The molecule has 1 heterocycles. The van der Waals surface area contributed by atoms with Crippen molar-refractivity contribution >= 4 is 28.2 Å². The minimum absolute atomic E-state index is 0.139. The maximum atomic E-state index is 12.7. The van der Waals surface area contributed by atoms with Gasteiger partial charge in [-0.3, -0.25) is 4.79 Å². The first-order valence-corrected chi connectivity index (χ1v) is 6.37. The third-order valence-corrected chi connectivity index (χ3v) is 3.25. The zero-order valence-electron chi connectivity index (χ0n) is 10.1. The molecule has 0 saturated heterocycles. The van der Waals surface area contributed by atoms with E-state index >= 15 is 0 Å². The zero-order chi connectivity index (χ0) is 14.5. The van der Waals surface area contributed by atoms with Gasteiger partial charge in [-0.05, 0) is 36.4 Å². The number of carbonyl (C=O) groups excluding carboxylic acids is 1. The van der Waals surface area contributed by atoms with E-state index in [0.717, 1.165) is 11.3 Å². The first-order valence-electron chi connectivity index (χ1n) is 5.56. The van der Waals surface area contributed by atoms with Crippen LogP contribution in [0.2, 0.25) is 0 Å².